The average molecular weight is 408 g/mol. The molecule has 0 N–H and O–H groups in total. The van der Waals surface area contributed by atoms with Gasteiger partial charge in [-0.3, -0.25) is 4.79 Å². The van der Waals surface area contributed by atoms with Crippen LogP contribution in [0, 0.1) is 6.92 Å². The van der Waals surface area contributed by atoms with Crippen LogP contribution in [0.2, 0.25) is 0 Å². The van der Waals surface area contributed by atoms with E-state index in [-0.39, 0.29) is 5.91 Å². The Hall–Kier alpha value is -2.73. The van der Waals surface area contributed by atoms with Gasteiger partial charge in [0, 0.05) is 37.4 Å². The highest BCUT2D eigenvalue weighted by Gasteiger charge is 2.28. The van der Waals surface area contributed by atoms with Gasteiger partial charge in [-0.1, -0.05) is 35.9 Å². The molecule has 29 heavy (non-hydrogen) atoms. The number of hydrogen-bond acceptors (Lipinski definition) is 5. The maximum Gasteiger partial charge on any atom is 0.286 e. The lowest BCUT2D eigenvalue weighted by Gasteiger charge is -2.36. The van der Waals surface area contributed by atoms with Gasteiger partial charge in [0.25, 0.3) is 5.91 Å². The molecule has 1 fully saturated rings. The van der Waals surface area contributed by atoms with Gasteiger partial charge in [0.2, 0.25) is 0 Å². The largest absolute Gasteiger partial charge is 0.493 e. The van der Waals surface area contributed by atoms with Crippen molar-refractivity contribution in [2.75, 3.05) is 37.7 Å². The first kappa shape index (κ1) is 19.6. The molecule has 2 aliphatic heterocycles. The number of aliphatic imine (C=N–C) groups is 1. The maximum atomic E-state index is 12.5. The molecule has 0 bridgehead atoms. The number of carbonyl (C=O) groups excluding carboxylic acids is 1. The molecule has 0 unspecified atom stereocenters. The zero-order valence-corrected chi connectivity index (χ0v) is 17.6. The molecule has 0 spiro atoms. The van der Waals surface area contributed by atoms with Crippen LogP contribution in [0.25, 0.3) is 6.08 Å². The Balaban J connectivity index is 1.41. The molecule has 0 aliphatic carbocycles. The number of thioether (sulfide) groups is 1. The summed E-state index contributed by atoms with van der Waals surface area (Å²) < 4.78 is 5.67. The number of benzene rings is 2. The fraction of sp³-hybridized carbons (Fsp3) is 0.304. The lowest BCUT2D eigenvalue weighted by Crippen LogP contribution is -2.47. The highest BCUT2D eigenvalue weighted by atomic mass is 32.2. The van der Waals surface area contributed by atoms with Gasteiger partial charge in [0.05, 0.1) is 11.5 Å². The van der Waals surface area contributed by atoms with Crippen LogP contribution in [0.1, 0.15) is 18.1 Å². The molecule has 2 aromatic rings. The van der Waals surface area contributed by atoms with Crippen molar-refractivity contribution >= 4 is 34.6 Å². The van der Waals surface area contributed by atoms with Crippen LogP contribution < -0.4 is 9.64 Å². The van der Waals surface area contributed by atoms with Gasteiger partial charge in [-0.25, -0.2) is 0 Å². The van der Waals surface area contributed by atoms with Crippen molar-refractivity contribution in [1.82, 2.24) is 4.90 Å². The summed E-state index contributed by atoms with van der Waals surface area (Å²) in [4.78, 5) is 22.0. The summed E-state index contributed by atoms with van der Waals surface area (Å²) in [5, 5.41) is 0.804. The Morgan fingerprint density at radius 3 is 2.45 bits per heavy atom. The second kappa shape index (κ2) is 8.74. The van der Waals surface area contributed by atoms with E-state index in [2.05, 4.69) is 46.0 Å². The molecule has 150 valence electrons. The molecule has 2 aliphatic rings. The Kier molecular flexibility index (Phi) is 5.90. The first-order chi connectivity index (χ1) is 14.1. The van der Waals surface area contributed by atoms with E-state index in [1.165, 1.54) is 23.0 Å². The quantitative estimate of drug-likeness (QED) is 0.712. The molecule has 0 atom stereocenters. The molecule has 5 nitrogen and oxygen atoms in total. The summed E-state index contributed by atoms with van der Waals surface area (Å²) in [6.07, 6.45) is 1.89. The molecule has 0 aromatic heterocycles. The zero-order valence-electron chi connectivity index (χ0n) is 16.8. The monoisotopic (exact) mass is 407 g/mol. The van der Waals surface area contributed by atoms with Crippen LogP contribution in [0.5, 0.6) is 5.75 Å². The van der Waals surface area contributed by atoms with Crippen LogP contribution in [-0.4, -0.2) is 48.8 Å². The number of hydrogen-bond donors (Lipinski definition) is 0. The summed E-state index contributed by atoms with van der Waals surface area (Å²) >= 11 is 1.46. The zero-order chi connectivity index (χ0) is 20.2. The lowest BCUT2D eigenvalue weighted by molar-refractivity contribution is -0.113. The number of aryl methyl sites for hydroxylation is 1. The fourth-order valence-corrected chi connectivity index (χ4v) is 4.43. The second-order valence-corrected chi connectivity index (χ2v) is 8.10. The molecule has 2 aromatic carbocycles. The summed E-state index contributed by atoms with van der Waals surface area (Å²) in [5.41, 5.74) is 3.43. The molecular weight excluding hydrogens is 382 g/mol. The van der Waals surface area contributed by atoms with Crippen LogP contribution >= 0.6 is 11.8 Å². The summed E-state index contributed by atoms with van der Waals surface area (Å²) in [7, 11) is 0. The highest BCUT2D eigenvalue weighted by Crippen LogP contribution is 2.33. The molecule has 0 radical (unpaired) electrons. The van der Waals surface area contributed by atoms with Gasteiger partial charge >= 0.3 is 0 Å². The van der Waals surface area contributed by atoms with Crippen molar-refractivity contribution in [2.45, 2.75) is 13.8 Å². The molecule has 1 saturated heterocycles. The minimum atomic E-state index is -0.169. The maximum absolute atomic E-state index is 12.5. The van der Waals surface area contributed by atoms with E-state index in [1.807, 2.05) is 37.3 Å². The van der Waals surface area contributed by atoms with Crippen molar-refractivity contribution in [3.63, 3.8) is 0 Å². The Bertz CT molecular complexity index is 945. The number of nitrogens with zero attached hydrogens (tertiary/aromatic N) is 3. The smallest absolute Gasteiger partial charge is 0.286 e. The predicted octanol–water partition coefficient (Wildman–Crippen LogP) is 4.19. The number of ether oxygens (including phenoxy) is 1. The third-order valence-electron chi connectivity index (χ3n) is 5.06. The number of piperazine rings is 1. The average Bonchev–Trinajstić information content (AvgIpc) is 3.11. The molecule has 6 heteroatoms. The van der Waals surface area contributed by atoms with Gasteiger partial charge in [0.1, 0.15) is 5.75 Å². The Morgan fingerprint density at radius 2 is 1.72 bits per heavy atom. The minimum absolute atomic E-state index is 0.169. The van der Waals surface area contributed by atoms with Crippen molar-refractivity contribution in [1.29, 1.82) is 0 Å². The van der Waals surface area contributed by atoms with Gasteiger partial charge in [-0.15, -0.1) is 0 Å². The van der Waals surface area contributed by atoms with Crippen molar-refractivity contribution in [2.24, 2.45) is 4.99 Å². The van der Waals surface area contributed by atoms with Crippen molar-refractivity contribution < 1.29 is 9.53 Å². The standard InChI is InChI=1S/C23H25N3O2S/c1-3-28-20-7-5-4-6-18(20)16-21-22(27)24-23(29-21)26-14-12-25(13-15-26)19-10-8-17(2)9-11-19/h4-11,16H,3,12-15H2,1-2H3/b21-16-. The van der Waals surface area contributed by atoms with Crippen LogP contribution in [0.3, 0.4) is 0 Å². The van der Waals surface area contributed by atoms with Gasteiger partial charge in [-0.05, 0) is 49.9 Å². The number of carbonyl (C=O) groups is 1. The van der Waals surface area contributed by atoms with E-state index in [1.54, 1.807) is 0 Å². The minimum Gasteiger partial charge on any atom is -0.493 e. The van der Waals surface area contributed by atoms with E-state index >= 15 is 0 Å². The molecule has 0 saturated carbocycles. The Morgan fingerprint density at radius 1 is 1.03 bits per heavy atom. The highest BCUT2D eigenvalue weighted by molar-refractivity contribution is 8.18. The van der Waals surface area contributed by atoms with Crippen molar-refractivity contribution in [3.8, 4) is 5.75 Å². The lowest BCUT2D eigenvalue weighted by atomic mass is 10.2. The summed E-state index contributed by atoms with van der Waals surface area (Å²) in [5.74, 6) is 0.619. The third-order valence-corrected chi connectivity index (χ3v) is 6.11. The number of anilines is 1. The molecule has 4 rings (SSSR count). The molecule has 1 amide bonds. The molecule has 2 heterocycles. The van der Waals surface area contributed by atoms with Crippen LogP contribution in [0.15, 0.2) is 58.4 Å². The number of amides is 1. The van der Waals surface area contributed by atoms with E-state index in [4.69, 9.17) is 4.74 Å². The van der Waals surface area contributed by atoms with E-state index in [9.17, 15) is 4.79 Å². The predicted molar refractivity (Wildman–Crippen MR) is 121 cm³/mol. The second-order valence-electron chi connectivity index (χ2n) is 7.09. The summed E-state index contributed by atoms with van der Waals surface area (Å²) in [6, 6.07) is 16.4. The van der Waals surface area contributed by atoms with Crippen molar-refractivity contribution in [3.05, 3.63) is 64.6 Å². The number of amidine groups is 1. The Labute approximate surface area is 176 Å². The van der Waals surface area contributed by atoms with Gasteiger partial charge < -0.3 is 14.5 Å². The van der Waals surface area contributed by atoms with Gasteiger partial charge in [0.15, 0.2) is 5.17 Å². The fourth-order valence-electron chi connectivity index (χ4n) is 3.47. The topological polar surface area (TPSA) is 45.1 Å². The first-order valence-electron chi connectivity index (χ1n) is 9.95. The number of rotatable bonds is 4. The van der Waals surface area contributed by atoms with E-state index in [0.29, 0.717) is 11.5 Å². The third kappa shape index (κ3) is 4.48. The first-order valence-corrected chi connectivity index (χ1v) is 10.8. The van der Waals surface area contributed by atoms with E-state index in [0.717, 1.165) is 42.7 Å². The number of para-hydroxylation sites is 1. The normalized spacial score (nSPS) is 18.3. The summed E-state index contributed by atoms with van der Waals surface area (Å²) in [6.45, 7) is 8.20. The van der Waals surface area contributed by atoms with Gasteiger partial charge in [-0.2, -0.15) is 4.99 Å². The van der Waals surface area contributed by atoms with Crippen LogP contribution in [-0.2, 0) is 4.79 Å². The van der Waals surface area contributed by atoms with Crippen LogP contribution in [0.4, 0.5) is 5.69 Å². The van der Waals surface area contributed by atoms with E-state index < -0.39 is 0 Å². The SMILES string of the molecule is CCOc1ccccc1/C=C1\SC(N2CCN(c3ccc(C)cc3)CC2)=NC1=O. The molecular formula is C23H25N3O2S.